The molecule has 1 aromatic carbocycles. The van der Waals surface area contributed by atoms with E-state index < -0.39 is 6.10 Å². The SMILES string of the molecule is CCN(CCC#N)CC(O)COc1ccccc1N. The minimum absolute atomic E-state index is 0.192. The van der Waals surface area contributed by atoms with Gasteiger partial charge in [0.05, 0.1) is 11.8 Å². The Morgan fingerprint density at radius 1 is 1.47 bits per heavy atom. The smallest absolute Gasteiger partial charge is 0.142 e. The molecule has 0 aliphatic heterocycles. The minimum Gasteiger partial charge on any atom is -0.489 e. The van der Waals surface area contributed by atoms with E-state index in [0.717, 1.165) is 6.54 Å². The highest BCUT2D eigenvalue weighted by Crippen LogP contribution is 2.19. The van der Waals surface area contributed by atoms with Gasteiger partial charge in [-0.2, -0.15) is 5.26 Å². The van der Waals surface area contributed by atoms with Gasteiger partial charge in [-0.1, -0.05) is 19.1 Å². The highest BCUT2D eigenvalue weighted by molar-refractivity contribution is 5.51. The average Bonchev–Trinajstić information content (AvgIpc) is 2.42. The van der Waals surface area contributed by atoms with E-state index in [4.69, 9.17) is 15.7 Å². The van der Waals surface area contributed by atoms with Gasteiger partial charge >= 0.3 is 0 Å². The molecule has 0 aromatic heterocycles. The number of aliphatic hydroxyl groups is 1. The molecular formula is C14H21N3O2. The highest BCUT2D eigenvalue weighted by Gasteiger charge is 2.11. The van der Waals surface area contributed by atoms with E-state index in [1.54, 1.807) is 12.1 Å². The lowest BCUT2D eigenvalue weighted by molar-refractivity contribution is 0.0708. The van der Waals surface area contributed by atoms with Gasteiger partial charge in [-0.25, -0.2) is 0 Å². The monoisotopic (exact) mass is 263 g/mol. The molecule has 0 spiro atoms. The predicted octanol–water partition coefficient (Wildman–Crippen LogP) is 1.24. The van der Waals surface area contributed by atoms with Crippen LogP contribution in [0.3, 0.4) is 0 Å². The van der Waals surface area contributed by atoms with Crippen LogP contribution in [-0.4, -0.2) is 42.4 Å². The number of rotatable bonds is 8. The number of ether oxygens (including phenoxy) is 1. The minimum atomic E-state index is -0.599. The van der Waals surface area contributed by atoms with E-state index in [-0.39, 0.29) is 6.61 Å². The van der Waals surface area contributed by atoms with Crippen LogP contribution in [0.25, 0.3) is 0 Å². The molecule has 0 bridgehead atoms. The second kappa shape index (κ2) is 8.35. The number of aliphatic hydroxyl groups excluding tert-OH is 1. The maximum atomic E-state index is 9.91. The first kappa shape index (κ1) is 15.3. The number of nitrogens with zero attached hydrogens (tertiary/aromatic N) is 2. The van der Waals surface area contributed by atoms with Crippen molar-refractivity contribution in [2.75, 3.05) is 32.0 Å². The number of nitrogens with two attached hydrogens (primary N) is 1. The van der Waals surface area contributed by atoms with Crippen LogP contribution in [0, 0.1) is 11.3 Å². The summed E-state index contributed by atoms with van der Waals surface area (Å²) >= 11 is 0. The summed E-state index contributed by atoms with van der Waals surface area (Å²) < 4.78 is 5.48. The van der Waals surface area contributed by atoms with E-state index in [9.17, 15) is 5.11 Å². The molecule has 0 amide bonds. The molecule has 0 heterocycles. The predicted molar refractivity (Wildman–Crippen MR) is 74.7 cm³/mol. The summed E-state index contributed by atoms with van der Waals surface area (Å²) in [4.78, 5) is 2.02. The number of benzene rings is 1. The number of anilines is 1. The van der Waals surface area contributed by atoms with Crippen molar-refractivity contribution in [1.82, 2.24) is 4.90 Å². The largest absolute Gasteiger partial charge is 0.489 e. The van der Waals surface area contributed by atoms with Crippen LogP contribution >= 0.6 is 0 Å². The van der Waals surface area contributed by atoms with Crippen LogP contribution in [0.5, 0.6) is 5.75 Å². The highest BCUT2D eigenvalue weighted by atomic mass is 16.5. The third-order valence-corrected chi connectivity index (χ3v) is 2.81. The molecule has 0 aliphatic carbocycles. The van der Waals surface area contributed by atoms with Gasteiger partial charge in [0, 0.05) is 19.5 Å². The molecule has 0 saturated carbocycles. The summed E-state index contributed by atoms with van der Waals surface area (Å²) in [5.41, 5.74) is 6.31. The Morgan fingerprint density at radius 2 is 2.21 bits per heavy atom. The molecule has 0 radical (unpaired) electrons. The zero-order chi connectivity index (χ0) is 14.1. The second-order valence-electron chi connectivity index (χ2n) is 4.30. The molecule has 5 heteroatoms. The van der Waals surface area contributed by atoms with E-state index in [1.807, 2.05) is 24.0 Å². The lowest BCUT2D eigenvalue weighted by atomic mass is 10.3. The number of para-hydroxylation sites is 2. The Morgan fingerprint density at radius 3 is 2.84 bits per heavy atom. The van der Waals surface area contributed by atoms with Gasteiger partial charge in [0.15, 0.2) is 0 Å². The standard InChI is InChI=1S/C14H21N3O2/c1-2-17(9-5-8-15)10-12(18)11-19-14-7-4-3-6-13(14)16/h3-4,6-7,12,18H,2,5,9-11,16H2,1H3. The van der Waals surface area contributed by atoms with E-state index in [0.29, 0.717) is 30.9 Å². The van der Waals surface area contributed by atoms with E-state index >= 15 is 0 Å². The molecule has 1 unspecified atom stereocenters. The number of hydrogen-bond donors (Lipinski definition) is 2. The molecule has 104 valence electrons. The van der Waals surface area contributed by atoms with Gasteiger partial charge in [-0.05, 0) is 18.7 Å². The van der Waals surface area contributed by atoms with Crippen LogP contribution < -0.4 is 10.5 Å². The van der Waals surface area contributed by atoms with Crippen molar-refractivity contribution in [3.05, 3.63) is 24.3 Å². The molecule has 1 atom stereocenters. The maximum absolute atomic E-state index is 9.91. The molecule has 0 fully saturated rings. The molecule has 19 heavy (non-hydrogen) atoms. The van der Waals surface area contributed by atoms with Gasteiger partial charge in [0.25, 0.3) is 0 Å². The number of nitrogen functional groups attached to an aromatic ring is 1. The first-order valence-corrected chi connectivity index (χ1v) is 6.42. The maximum Gasteiger partial charge on any atom is 0.142 e. The molecule has 0 saturated heterocycles. The molecular weight excluding hydrogens is 242 g/mol. The molecule has 5 nitrogen and oxygen atoms in total. The van der Waals surface area contributed by atoms with Gasteiger partial charge in [0.1, 0.15) is 18.5 Å². The number of likely N-dealkylation sites (N-methyl/N-ethyl adjacent to an activating group) is 1. The van der Waals surface area contributed by atoms with Crippen molar-refractivity contribution >= 4 is 5.69 Å². The fourth-order valence-corrected chi connectivity index (χ4v) is 1.74. The summed E-state index contributed by atoms with van der Waals surface area (Å²) in [6.07, 6.45) is -0.134. The van der Waals surface area contributed by atoms with Gasteiger partial charge in [-0.3, -0.25) is 4.90 Å². The molecule has 3 N–H and O–H groups in total. The third kappa shape index (κ3) is 5.60. The normalized spacial score (nSPS) is 12.1. The Kier molecular flexibility index (Phi) is 6.72. The van der Waals surface area contributed by atoms with Crippen LogP contribution in [-0.2, 0) is 0 Å². The molecule has 1 aromatic rings. The second-order valence-corrected chi connectivity index (χ2v) is 4.30. The van der Waals surface area contributed by atoms with Crippen molar-refractivity contribution in [2.45, 2.75) is 19.4 Å². The fourth-order valence-electron chi connectivity index (χ4n) is 1.74. The molecule has 0 aliphatic rings. The van der Waals surface area contributed by atoms with Crippen LogP contribution in [0.1, 0.15) is 13.3 Å². The van der Waals surface area contributed by atoms with Crippen LogP contribution in [0.2, 0.25) is 0 Å². The number of hydrogen-bond acceptors (Lipinski definition) is 5. The van der Waals surface area contributed by atoms with Crippen molar-refractivity contribution in [3.8, 4) is 11.8 Å². The quantitative estimate of drug-likeness (QED) is 0.690. The average molecular weight is 263 g/mol. The lowest BCUT2D eigenvalue weighted by Crippen LogP contribution is -2.36. The first-order chi connectivity index (χ1) is 9.17. The summed E-state index contributed by atoms with van der Waals surface area (Å²) in [5, 5.41) is 18.5. The summed E-state index contributed by atoms with van der Waals surface area (Å²) in [6.45, 7) is 4.14. The summed E-state index contributed by atoms with van der Waals surface area (Å²) in [5.74, 6) is 0.585. The van der Waals surface area contributed by atoms with E-state index in [2.05, 4.69) is 6.07 Å². The first-order valence-electron chi connectivity index (χ1n) is 6.42. The zero-order valence-corrected chi connectivity index (χ0v) is 11.2. The fraction of sp³-hybridized carbons (Fsp3) is 0.500. The zero-order valence-electron chi connectivity index (χ0n) is 11.2. The summed E-state index contributed by atoms with van der Waals surface area (Å²) in [7, 11) is 0. The van der Waals surface area contributed by atoms with Crippen molar-refractivity contribution < 1.29 is 9.84 Å². The van der Waals surface area contributed by atoms with Crippen molar-refractivity contribution in [3.63, 3.8) is 0 Å². The third-order valence-electron chi connectivity index (χ3n) is 2.81. The molecule has 1 rings (SSSR count). The summed E-state index contributed by atoms with van der Waals surface area (Å²) in [6, 6.07) is 9.30. The topological polar surface area (TPSA) is 82.5 Å². The van der Waals surface area contributed by atoms with Crippen LogP contribution in [0.4, 0.5) is 5.69 Å². The van der Waals surface area contributed by atoms with Gasteiger partial charge < -0.3 is 15.6 Å². The van der Waals surface area contributed by atoms with Crippen molar-refractivity contribution in [1.29, 1.82) is 5.26 Å². The van der Waals surface area contributed by atoms with Gasteiger partial charge in [0.2, 0.25) is 0 Å². The van der Waals surface area contributed by atoms with E-state index in [1.165, 1.54) is 0 Å². The van der Waals surface area contributed by atoms with Gasteiger partial charge in [-0.15, -0.1) is 0 Å². The van der Waals surface area contributed by atoms with Crippen LogP contribution in [0.15, 0.2) is 24.3 Å². The Labute approximate surface area is 114 Å². The Bertz CT molecular complexity index is 417. The Hall–Kier alpha value is -1.77. The lowest BCUT2D eigenvalue weighted by Gasteiger charge is -2.22. The number of nitriles is 1. The van der Waals surface area contributed by atoms with Crippen molar-refractivity contribution in [2.24, 2.45) is 0 Å². The Balaban J connectivity index is 2.36.